The first kappa shape index (κ1) is 15.3. The quantitative estimate of drug-likeness (QED) is 0.520. The van der Waals surface area contributed by atoms with Gasteiger partial charge >= 0.3 is 6.18 Å². The molecule has 104 valence electrons. The molecule has 0 radical (unpaired) electrons. The summed E-state index contributed by atoms with van der Waals surface area (Å²) in [6.45, 7) is -0.306. The Labute approximate surface area is 109 Å². The minimum absolute atomic E-state index is 0.234. The van der Waals surface area contributed by atoms with Crippen molar-refractivity contribution < 1.29 is 27.8 Å². The van der Waals surface area contributed by atoms with Crippen molar-refractivity contribution in [3.63, 3.8) is 0 Å². The van der Waals surface area contributed by atoms with Crippen LogP contribution in [0.4, 0.5) is 13.2 Å². The van der Waals surface area contributed by atoms with Gasteiger partial charge < -0.3 is 14.6 Å². The molecule has 0 saturated carbocycles. The molecular formula is C13H13F3O3. The first-order chi connectivity index (χ1) is 8.92. The highest BCUT2D eigenvalue weighted by Gasteiger charge is 2.27. The summed E-state index contributed by atoms with van der Waals surface area (Å²) < 4.78 is 44.9. The van der Waals surface area contributed by atoms with Crippen molar-refractivity contribution >= 4 is 0 Å². The van der Waals surface area contributed by atoms with Crippen LogP contribution in [0, 0.1) is 18.8 Å². The zero-order chi connectivity index (χ0) is 14.3. The maximum atomic E-state index is 11.8. The first-order valence-electron chi connectivity index (χ1n) is 5.40. The van der Waals surface area contributed by atoms with E-state index in [-0.39, 0.29) is 6.61 Å². The van der Waals surface area contributed by atoms with Crippen molar-refractivity contribution in [1.29, 1.82) is 0 Å². The average molecular weight is 274 g/mol. The Bertz CT molecular complexity index is 472. The van der Waals surface area contributed by atoms with E-state index in [1.807, 2.05) is 0 Å². The molecule has 0 aliphatic heterocycles. The zero-order valence-corrected chi connectivity index (χ0v) is 10.3. The van der Waals surface area contributed by atoms with Crippen LogP contribution >= 0.6 is 0 Å². The summed E-state index contributed by atoms with van der Waals surface area (Å²) in [5.74, 6) is 5.64. The maximum Gasteiger partial charge on any atom is 0.411 e. The molecule has 19 heavy (non-hydrogen) atoms. The van der Waals surface area contributed by atoms with Gasteiger partial charge in [-0.15, -0.1) is 0 Å². The highest BCUT2D eigenvalue weighted by molar-refractivity contribution is 5.43. The number of aryl methyl sites for hydroxylation is 1. The Morgan fingerprint density at radius 1 is 1.32 bits per heavy atom. The van der Waals surface area contributed by atoms with Crippen LogP contribution < -0.4 is 4.74 Å². The first-order valence-corrected chi connectivity index (χ1v) is 5.40. The van der Waals surface area contributed by atoms with E-state index in [1.165, 1.54) is 0 Å². The van der Waals surface area contributed by atoms with E-state index in [0.717, 1.165) is 5.56 Å². The molecule has 1 N–H and O–H groups in total. The standard InChI is InChI=1S/C13H13F3O3/c1-10-7-11(3-2-6-17)4-5-12(10)19-9-18-8-13(14,15)16/h4-5,7,17H,6,8-9H2,1H3. The summed E-state index contributed by atoms with van der Waals surface area (Å²) >= 11 is 0. The second kappa shape index (κ2) is 7.02. The molecule has 6 heteroatoms. The monoisotopic (exact) mass is 274 g/mol. The normalized spacial score (nSPS) is 10.8. The Balaban J connectivity index is 2.51. The van der Waals surface area contributed by atoms with Crippen LogP contribution in [0.1, 0.15) is 11.1 Å². The minimum Gasteiger partial charge on any atom is -0.467 e. The predicted octanol–water partition coefficient (Wildman–Crippen LogP) is 2.25. The fourth-order valence-corrected chi connectivity index (χ4v) is 1.29. The number of aliphatic hydroxyl groups excluding tert-OH is 1. The Morgan fingerprint density at radius 3 is 2.63 bits per heavy atom. The molecule has 1 aromatic rings. The lowest BCUT2D eigenvalue weighted by atomic mass is 10.1. The molecule has 0 unspecified atom stereocenters. The highest BCUT2D eigenvalue weighted by Crippen LogP contribution is 2.19. The number of hydrogen-bond acceptors (Lipinski definition) is 3. The molecule has 0 atom stereocenters. The van der Waals surface area contributed by atoms with E-state index in [4.69, 9.17) is 9.84 Å². The smallest absolute Gasteiger partial charge is 0.411 e. The van der Waals surface area contributed by atoms with Gasteiger partial charge in [-0.1, -0.05) is 11.8 Å². The molecule has 0 bridgehead atoms. The van der Waals surface area contributed by atoms with Crippen molar-refractivity contribution in [1.82, 2.24) is 0 Å². The topological polar surface area (TPSA) is 38.7 Å². The maximum absolute atomic E-state index is 11.8. The van der Waals surface area contributed by atoms with E-state index in [9.17, 15) is 13.2 Å². The van der Waals surface area contributed by atoms with Crippen LogP contribution in [0.3, 0.4) is 0 Å². The minimum atomic E-state index is -4.36. The van der Waals surface area contributed by atoms with Gasteiger partial charge in [0, 0.05) is 5.56 Å². The molecule has 1 rings (SSSR count). The lowest BCUT2D eigenvalue weighted by Crippen LogP contribution is -2.19. The molecule has 0 aliphatic carbocycles. The van der Waals surface area contributed by atoms with Crippen LogP contribution in [0.25, 0.3) is 0 Å². The molecule has 0 amide bonds. The van der Waals surface area contributed by atoms with Crippen molar-refractivity contribution in [3.05, 3.63) is 29.3 Å². The summed E-state index contributed by atoms with van der Waals surface area (Å²) in [5.41, 5.74) is 1.41. The number of hydrogen-bond donors (Lipinski definition) is 1. The van der Waals surface area contributed by atoms with Gasteiger partial charge in [0.2, 0.25) is 0 Å². The highest BCUT2D eigenvalue weighted by atomic mass is 19.4. The van der Waals surface area contributed by atoms with E-state index in [0.29, 0.717) is 11.3 Å². The fraction of sp³-hybridized carbons (Fsp3) is 0.385. The summed E-state index contributed by atoms with van der Waals surface area (Å²) in [5, 5.41) is 8.55. The van der Waals surface area contributed by atoms with Crippen LogP contribution in [-0.4, -0.2) is 31.3 Å². The van der Waals surface area contributed by atoms with Gasteiger partial charge in [0.1, 0.15) is 19.0 Å². The lowest BCUT2D eigenvalue weighted by Gasteiger charge is -2.11. The molecule has 0 heterocycles. The third-order valence-corrected chi connectivity index (χ3v) is 2.05. The molecule has 0 aromatic heterocycles. The van der Waals surface area contributed by atoms with Gasteiger partial charge in [0.25, 0.3) is 0 Å². The second-order valence-electron chi connectivity index (χ2n) is 3.67. The van der Waals surface area contributed by atoms with Crippen molar-refractivity contribution in [2.24, 2.45) is 0 Å². The average Bonchev–Trinajstić information content (AvgIpc) is 2.32. The third-order valence-electron chi connectivity index (χ3n) is 2.05. The molecule has 0 fully saturated rings. The number of alkyl halides is 3. The molecule has 0 aliphatic rings. The van der Waals surface area contributed by atoms with Crippen LogP contribution in [0.2, 0.25) is 0 Å². The third kappa shape index (κ3) is 6.13. The summed E-state index contributed by atoms with van der Waals surface area (Å²) in [7, 11) is 0. The van der Waals surface area contributed by atoms with Gasteiger partial charge in [-0.25, -0.2) is 0 Å². The molecule has 0 saturated heterocycles. The molecule has 3 nitrogen and oxygen atoms in total. The van der Waals surface area contributed by atoms with Gasteiger partial charge in [-0.2, -0.15) is 13.2 Å². The van der Waals surface area contributed by atoms with E-state index in [2.05, 4.69) is 16.6 Å². The van der Waals surface area contributed by atoms with E-state index in [1.54, 1.807) is 25.1 Å². The van der Waals surface area contributed by atoms with Crippen molar-refractivity contribution in [2.75, 3.05) is 20.0 Å². The SMILES string of the molecule is Cc1cc(C#CCO)ccc1OCOCC(F)(F)F. The number of halogens is 3. The Morgan fingerprint density at radius 2 is 2.05 bits per heavy atom. The molecule has 0 spiro atoms. The summed E-state index contributed by atoms with van der Waals surface area (Å²) in [6, 6.07) is 4.95. The van der Waals surface area contributed by atoms with Crippen LogP contribution in [0.15, 0.2) is 18.2 Å². The number of aliphatic hydroxyl groups is 1. The molecular weight excluding hydrogens is 261 g/mol. The van der Waals surface area contributed by atoms with Gasteiger partial charge in [-0.3, -0.25) is 0 Å². The van der Waals surface area contributed by atoms with Crippen LogP contribution in [0.5, 0.6) is 5.75 Å². The number of ether oxygens (including phenoxy) is 2. The zero-order valence-electron chi connectivity index (χ0n) is 10.3. The van der Waals surface area contributed by atoms with E-state index < -0.39 is 19.6 Å². The fourth-order valence-electron chi connectivity index (χ4n) is 1.29. The largest absolute Gasteiger partial charge is 0.467 e. The molecule has 1 aromatic carbocycles. The Kier molecular flexibility index (Phi) is 5.67. The van der Waals surface area contributed by atoms with E-state index >= 15 is 0 Å². The number of rotatable bonds is 4. The van der Waals surface area contributed by atoms with Crippen LogP contribution in [-0.2, 0) is 4.74 Å². The van der Waals surface area contributed by atoms with Gasteiger partial charge in [0.15, 0.2) is 6.79 Å². The predicted molar refractivity (Wildman–Crippen MR) is 62.6 cm³/mol. The Hall–Kier alpha value is -1.71. The van der Waals surface area contributed by atoms with Crippen molar-refractivity contribution in [3.8, 4) is 17.6 Å². The summed E-state index contributed by atoms with van der Waals surface area (Å²) in [4.78, 5) is 0. The second-order valence-corrected chi connectivity index (χ2v) is 3.67. The van der Waals surface area contributed by atoms with Gasteiger partial charge in [0.05, 0.1) is 0 Å². The van der Waals surface area contributed by atoms with Crippen molar-refractivity contribution in [2.45, 2.75) is 13.1 Å². The number of benzene rings is 1. The lowest BCUT2D eigenvalue weighted by molar-refractivity contribution is -0.186. The van der Waals surface area contributed by atoms with Gasteiger partial charge in [-0.05, 0) is 30.7 Å². The summed E-state index contributed by atoms with van der Waals surface area (Å²) in [6.07, 6.45) is -4.36.